The van der Waals surface area contributed by atoms with Crippen molar-refractivity contribution in [3.63, 3.8) is 0 Å². The van der Waals surface area contributed by atoms with Crippen molar-refractivity contribution < 1.29 is 9.15 Å². The van der Waals surface area contributed by atoms with Crippen LogP contribution in [0.2, 0.25) is 0 Å². The Morgan fingerprint density at radius 1 is 1.53 bits per heavy atom. The van der Waals surface area contributed by atoms with Gasteiger partial charge in [0.1, 0.15) is 5.76 Å². The minimum absolute atomic E-state index is 0.166. The van der Waals surface area contributed by atoms with Crippen LogP contribution in [0, 0.1) is 5.92 Å². The van der Waals surface area contributed by atoms with Gasteiger partial charge in [-0.15, -0.1) is 0 Å². The van der Waals surface area contributed by atoms with Gasteiger partial charge >= 0.3 is 0 Å². The Bertz CT molecular complexity index is 246. The molecule has 0 saturated carbocycles. The summed E-state index contributed by atoms with van der Waals surface area (Å²) in [6.45, 7) is 6.07. The molecule has 0 saturated heterocycles. The molecule has 0 aliphatic heterocycles. The summed E-state index contributed by atoms with van der Waals surface area (Å²) in [5, 5.41) is 3.46. The van der Waals surface area contributed by atoms with Crippen LogP contribution in [0.25, 0.3) is 0 Å². The van der Waals surface area contributed by atoms with Crippen molar-refractivity contribution in [3.05, 3.63) is 24.2 Å². The average Bonchev–Trinajstić information content (AvgIpc) is 2.76. The van der Waals surface area contributed by atoms with Gasteiger partial charge in [-0.05, 0) is 24.6 Å². The van der Waals surface area contributed by atoms with Gasteiger partial charge in [-0.25, -0.2) is 0 Å². The Morgan fingerprint density at radius 2 is 2.33 bits per heavy atom. The quantitative estimate of drug-likeness (QED) is 0.752. The normalized spacial score (nSPS) is 15.1. The van der Waals surface area contributed by atoms with Crippen LogP contribution in [-0.4, -0.2) is 20.3 Å². The lowest BCUT2D eigenvalue weighted by Crippen LogP contribution is -2.28. The first kappa shape index (κ1) is 12.3. The fraction of sp³-hybridized carbons (Fsp3) is 0.667. The third-order valence-electron chi connectivity index (χ3n) is 2.63. The summed E-state index contributed by atoms with van der Waals surface area (Å²) in [6.07, 6.45) is 2.88. The highest BCUT2D eigenvalue weighted by Gasteiger charge is 2.14. The Labute approximate surface area is 91.8 Å². The van der Waals surface area contributed by atoms with Crippen LogP contribution in [0.3, 0.4) is 0 Å². The largest absolute Gasteiger partial charge is 0.468 e. The molecule has 3 heteroatoms. The van der Waals surface area contributed by atoms with Crippen molar-refractivity contribution in [2.24, 2.45) is 5.92 Å². The van der Waals surface area contributed by atoms with Gasteiger partial charge in [-0.3, -0.25) is 0 Å². The fourth-order valence-electron chi connectivity index (χ4n) is 1.39. The minimum Gasteiger partial charge on any atom is -0.468 e. The van der Waals surface area contributed by atoms with Crippen molar-refractivity contribution in [2.45, 2.75) is 26.3 Å². The van der Waals surface area contributed by atoms with E-state index in [9.17, 15) is 0 Å². The van der Waals surface area contributed by atoms with Crippen molar-refractivity contribution in [3.8, 4) is 0 Å². The maximum absolute atomic E-state index is 5.37. The van der Waals surface area contributed by atoms with Crippen molar-refractivity contribution in [1.29, 1.82) is 0 Å². The van der Waals surface area contributed by atoms with E-state index in [0.717, 1.165) is 12.3 Å². The lowest BCUT2D eigenvalue weighted by molar-refractivity contribution is 0.155. The summed E-state index contributed by atoms with van der Waals surface area (Å²) < 4.78 is 10.5. The first-order valence-electron chi connectivity index (χ1n) is 5.53. The van der Waals surface area contributed by atoms with Gasteiger partial charge in [0.2, 0.25) is 0 Å². The van der Waals surface area contributed by atoms with Crippen molar-refractivity contribution >= 4 is 0 Å². The van der Waals surface area contributed by atoms with E-state index in [1.54, 1.807) is 13.4 Å². The smallest absolute Gasteiger partial charge is 0.123 e. The molecule has 0 bridgehead atoms. The van der Waals surface area contributed by atoms with Crippen molar-refractivity contribution in [1.82, 2.24) is 5.32 Å². The Kier molecular flexibility index (Phi) is 5.43. The second-order valence-corrected chi connectivity index (χ2v) is 3.95. The summed E-state index contributed by atoms with van der Waals surface area (Å²) in [5.74, 6) is 1.62. The van der Waals surface area contributed by atoms with E-state index in [1.165, 1.54) is 6.42 Å². The van der Waals surface area contributed by atoms with Gasteiger partial charge in [0.15, 0.2) is 0 Å². The SMILES string of the molecule is CCC(C)CNC(COC)c1ccco1. The molecule has 1 N–H and O–H groups in total. The second-order valence-electron chi connectivity index (χ2n) is 3.95. The molecule has 0 aliphatic rings. The Hall–Kier alpha value is -0.800. The molecule has 1 aromatic rings. The Morgan fingerprint density at radius 3 is 2.87 bits per heavy atom. The molecule has 0 amide bonds. The molecule has 2 unspecified atom stereocenters. The summed E-state index contributed by atoms with van der Waals surface area (Å²) in [6, 6.07) is 4.05. The molecule has 0 fully saturated rings. The van der Waals surface area contributed by atoms with Gasteiger partial charge in [0, 0.05) is 7.11 Å². The number of nitrogens with one attached hydrogen (secondary N) is 1. The molecular weight excluding hydrogens is 190 g/mol. The number of methoxy groups -OCH3 is 1. The zero-order chi connectivity index (χ0) is 11.1. The molecule has 1 rings (SSSR count). The first-order valence-corrected chi connectivity index (χ1v) is 5.53. The zero-order valence-electron chi connectivity index (χ0n) is 9.82. The van der Waals surface area contributed by atoms with Gasteiger partial charge in [0.25, 0.3) is 0 Å². The lowest BCUT2D eigenvalue weighted by atomic mass is 10.1. The van der Waals surface area contributed by atoms with Crippen LogP contribution >= 0.6 is 0 Å². The number of hydrogen-bond donors (Lipinski definition) is 1. The standard InChI is InChI=1S/C12H21NO2/c1-4-10(2)8-13-11(9-14-3)12-6-5-7-15-12/h5-7,10-11,13H,4,8-9H2,1-3H3. The lowest BCUT2D eigenvalue weighted by Gasteiger charge is -2.18. The van der Waals surface area contributed by atoms with Gasteiger partial charge in [-0.1, -0.05) is 20.3 Å². The summed E-state index contributed by atoms with van der Waals surface area (Å²) >= 11 is 0. The average molecular weight is 211 g/mol. The molecular formula is C12H21NO2. The van der Waals surface area contributed by atoms with Crippen molar-refractivity contribution in [2.75, 3.05) is 20.3 Å². The molecule has 1 aromatic heterocycles. The summed E-state index contributed by atoms with van der Waals surface area (Å²) in [4.78, 5) is 0. The molecule has 3 nitrogen and oxygen atoms in total. The highest BCUT2D eigenvalue weighted by atomic mass is 16.5. The van der Waals surface area contributed by atoms with Crippen LogP contribution in [0.15, 0.2) is 22.8 Å². The second kappa shape index (κ2) is 6.64. The van der Waals surface area contributed by atoms with E-state index in [0.29, 0.717) is 12.5 Å². The monoisotopic (exact) mass is 211 g/mol. The third kappa shape index (κ3) is 4.06. The summed E-state index contributed by atoms with van der Waals surface area (Å²) in [5.41, 5.74) is 0. The molecule has 0 radical (unpaired) electrons. The van der Waals surface area contributed by atoms with Crippen LogP contribution in [-0.2, 0) is 4.74 Å². The van der Waals surface area contributed by atoms with Gasteiger partial charge in [0.05, 0.1) is 18.9 Å². The molecule has 1 heterocycles. The number of hydrogen-bond acceptors (Lipinski definition) is 3. The highest BCUT2D eigenvalue weighted by molar-refractivity contribution is 5.04. The zero-order valence-corrected chi connectivity index (χ0v) is 9.82. The predicted octanol–water partition coefficient (Wildman–Crippen LogP) is 2.60. The molecule has 0 spiro atoms. The van der Waals surface area contributed by atoms with Crippen LogP contribution in [0.4, 0.5) is 0 Å². The number of ether oxygens (including phenoxy) is 1. The molecule has 0 aromatic carbocycles. The van der Waals surface area contributed by atoms with E-state index in [-0.39, 0.29) is 6.04 Å². The van der Waals surface area contributed by atoms with Crippen LogP contribution in [0.5, 0.6) is 0 Å². The maximum Gasteiger partial charge on any atom is 0.123 e. The Balaban J connectivity index is 2.44. The third-order valence-corrected chi connectivity index (χ3v) is 2.63. The van der Waals surface area contributed by atoms with E-state index in [4.69, 9.17) is 9.15 Å². The van der Waals surface area contributed by atoms with Crippen LogP contribution < -0.4 is 5.32 Å². The highest BCUT2D eigenvalue weighted by Crippen LogP contribution is 2.14. The topological polar surface area (TPSA) is 34.4 Å². The van der Waals surface area contributed by atoms with E-state index >= 15 is 0 Å². The maximum atomic E-state index is 5.37. The van der Waals surface area contributed by atoms with Crippen LogP contribution in [0.1, 0.15) is 32.1 Å². The molecule has 0 aliphatic carbocycles. The van der Waals surface area contributed by atoms with E-state index in [1.807, 2.05) is 12.1 Å². The molecule has 86 valence electrons. The number of rotatable bonds is 7. The fourth-order valence-corrected chi connectivity index (χ4v) is 1.39. The predicted molar refractivity (Wildman–Crippen MR) is 60.8 cm³/mol. The van der Waals surface area contributed by atoms with E-state index < -0.39 is 0 Å². The minimum atomic E-state index is 0.166. The van der Waals surface area contributed by atoms with E-state index in [2.05, 4.69) is 19.2 Å². The molecule has 2 atom stereocenters. The first-order chi connectivity index (χ1) is 7.27. The molecule has 15 heavy (non-hydrogen) atoms. The summed E-state index contributed by atoms with van der Waals surface area (Å²) in [7, 11) is 1.71. The van der Waals surface area contributed by atoms with Gasteiger partial charge < -0.3 is 14.5 Å². The number of furan rings is 1. The van der Waals surface area contributed by atoms with Gasteiger partial charge in [-0.2, -0.15) is 0 Å².